The predicted octanol–water partition coefficient (Wildman–Crippen LogP) is 7.92. The summed E-state index contributed by atoms with van der Waals surface area (Å²) in [5.41, 5.74) is 5.80. The van der Waals surface area contributed by atoms with E-state index in [1.54, 1.807) is 78.9 Å². The molecule has 5 aromatic carbocycles. The maximum absolute atomic E-state index is 14.7. The highest BCUT2D eigenvalue weighted by molar-refractivity contribution is 7.91. The molecule has 342 valence electrons. The molecule has 0 fully saturated rings. The third kappa shape index (κ3) is 10.3. The fourth-order valence-electron chi connectivity index (χ4n) is 7.74. The Bertz CT molecular complexity index is 3070. The highest BCUT2D eigenvalue weighted by Gasteiger charge is 2.43. The number of methoxy groups -OCH3 is 1. The molecule has 0 aliphatic carbocycles. The van der Waals surface area contributed by atoms with E-state index in [9.17, 15) is 27.6 Å². The van der Waals surface area contributed by atoms with Crippen molar-refractivity contribution in [3.63, 3.8) is 0 Å². The molecule has 1 unspecified atom stereocenters. The molecule has 2 aliphatic rings. The lowest BCUT2D eigenvalue weighted by atomic mass is 9.93. The number of nitrogens with zero attached hydrogens (tertiary/aromatic N) is 3. The van der Waals surface area contributed by atoms with Crippen LogP contribution in [0.1, 0.15) is 52.1 Å². The molecule has 1 aromatic heterocycles. The lowest BCUT2D eigenvalue weighted by Crippen LogP contribution is -2.56. The van der Waals surface area contributed by atoms with Crippen molar-refractivity contribution in [2.45, 2.75) is 62.2 Å². The normalized spacial score (nSPS) is 16.0. The predicted molar refractivity (Wildman–Crippen MR) is 251 cm³/mol. The number of nitrogens with one attached hydrogen (secondary N) is 3. The van der Waals surface area contributed by atoms with Crippen molar-refractivity contribution in [2.75, 3.05) is 17.7 Å². The van der Waals surface area contributed by atoms with Gasteiger partial charge in [-0.15, -0.1) is 0 Å². The quantitative estimate of drug-likeness (QED) is 0.0948. The number of halogens is 2. The number of carbonyl (C=O) groups is 4. The van der Waals surface area contributed by atoms with Gasteiger partial charge in [0.1, 0.15) is 30.2 Å². The first-order chi connectivity index (χ1) is 32.1. The fraction of sp³-hybridized carbons (Fsp3) is 0.208. The second-order valence-electron chi connectivity index (χ2n) is 15.7. The molecule has 67 heavy (non-hydrogen) atoms. The standard InChI is InChI=1S/C48H40Cl2N6O9S2/c1-26-47(66-48(52-26)53-27(2)57)67(61,62)56-24-35-22-42-39(54-45(59)43(65-42)33-13-15-36(16-14-33)64-25-30-8-17-37(49)38(50)18-30)20-34(35)21-41(56)44(58)55-40(46(60)63-3)19-28-4-9-31(10-5-28)32-11-6-29(23-51)7-12-32/h4-18,20,22,40-41,43H,19,21,24-25H2,1-3H3,(H,54,59)(H,55,58)(H,52,53,57)/t40-,41?,43-/m0/s1. The fourth-order valence-corrected chi connectivity index (χ4v) is 11.2. The summed E-state index contributed by atoms with van der Waals surface area (Å²) in [5, 5.41) is 18.3. The van der Waals surface area contributed by atoms with Crippen LogP contribution in [0.25, 0.3) is 11.1 Å². The number of aryl methyl sites for hydroxylation is 1. The van der Waals surface area contributed by atoms with Gasteiger partial charge in [0, 0.05) is 25.5 Å². The van der Waals surface area contributed by atoms with E-state index in [1.807, 2.05) is 24.3 Å². The molecule has 3 amide bonds. The number of hydrogen-bond acceptors (Lipinski definition) is 12. The van der Waals surface area contributed by atoms with E-state index >= 15 is 0 Å². The van der Waals surface area contributed by atoms with Crippen molar-refractivity contribution in [1.82, 2.24) is 14.6 Å². The molecule has 6 aromatic rings. The Hall–Kier alpha value is -6.81. The van der Waals surface area contributed by atoms with E-state index in [2.05, 4.69) is 27.0 Å². The number of fused-ring (bicyclic) bond motifs is 2. The number of aromatic nitrogens is 1. The lowest BCUT2D eigenvalue weighted by molar-refractivity contribution is -0.145. The number of sulfonamides is 1. The Morgan fingerprint density at radius 1 is 0.955 bits per heavy atom. The van der Waals surface area contributed by atoms with Gasteiger partial charge in [-0.3, -0.25) is 14.4 Å². The number of esters is 1. The van der Waals surface area contributed by atoms with Gasteiger partial charge in [0.15, 0.2) is 9.34 Å². The van der Waals surface area contributed by atoms with Crippen LogP contribution in [0.3, 0.4) is 0 Å². The van der Waals surface area contributed by atoms with Gasteiger partial charge in [0.2, 0.25) is 17.9 Å². The summed E-state index contributed by atoms with van der Waals surface area (Å²) in [4.78, 5) is 57.5. The minimum atomic E-state index is -4.51. The minimum Gasteiger partial charge on any atom is -0.489 e. The Morgan fingerprint density at radius 3 is 2.30 bits per heavy atom. The second-order valence-corrected chi connectivity index (χ2v) is 19.6. The Balaban J connectivity index is 1.05. The van der Waals surface area contributed by atoms with Gasteiger partial charge in [-0.1, -0.05) is 89.1 Å². The van der Waals surface area contributed by atoms with Crippen molar-refractivity contribution in [3.8, 4) is 28.7 Å². The lowest BCUT2D eigenvalue weighted by Gasteiger charge is -2.36. The van der Waals surface area contributed by atoms with Crippen molar-refractivity contribution in [3.05, 3.63) is 152 Å². The van der Waals surface area contributed by atoms with Crippen LogP contribution in [0.15, 0.2) is 107 Å². The summed E-state index contributed by atoms with van der Waals surface area (Å²) < 4.78 is 47.6. The molecule has 15 nitrogen and oxygen atoms in total. The first-order valence-corrected chi connectivity index (χ1v) is 23.7. The third-order valence-corrected chi connectivity index (χ3v) is 15.4. The maximum Gasteiger partial charge on any atom is 0.328 e. The van der Waals surface area contributed by atoms with E-state index in [-0.39, 0.29) is 46.8 Å². The zero-order valence-electron chi connectivity index (χ0n) is 36.0. The van der Waals surface area contributed by atoms with Crippen molar-refractivity contribution >= 4 is 79.1 Å². The Morgan fingerprint density at radius 2 is 1.64 bits per heavy atom. The van der Waals surface area contributed by atoms with Crippen LogP contribution in [0.4, 0.5) is 10.8 Å². The molecule has 0 saturated heterocycles. The van der Waals surface area contributed by atoms with Gasteiger partial charge >= 0.3 is 5.97 Å². The average Bonchev–Trinajstić information content (AvgIpc) is 3.70. The van der Waals surface area contributed by atoms with Crippen LogP contribution in [-0.4, -0.2) is 60.6 Å². The SMILES string of the molecule is COC(=O)[C@H](Cc1ccc(-c2ccc(C#N)cc2)cc1)NC(=O)C1Cc2cc3c(cc2CN1S(=O)(=O)c1sc(NC(C)=O)nc1C)O[C@@H](c1ccc(OCc2ccc(Cl)c(Cl)c2)cc1)C(=O)N3. The van der Waals surface area contributed by atoms with Crippen LogP contribution in [0.2, 0.25) is 10.0 Å². The number of benzene rings is 5. The summed E-state index contributed by atoms with van der Waals surface area (Å²) in [6.07, 6.45) is -1.20. The molecule has 3 atom stereocenters. The van der Waals surface area contributed by atoms with E-state index in [4.69, 9.17) is 42.7 Å². The van der Waals surface area contributed by atoms with Gasteiger partial charge in [-0.05, 0) is 95.3 Å². The third-order valence-electron chi connectivity index (χ3n) is 11.1. The van der Waals surface area contributed by atoms with Crippen molar-refractivity contribution < 1.29 is 41.8 Å². The Labute approximate surface area is 399 Å². The highest BCUT2D eigenvalue weighted by Crippen LogP contribution is 2.42. The smallest absolute Gasteiger partial charge is 0.328 e. The molecule has 0 radical (unpaired) electrons. The zero-order chi connectivity index (χ0) is 47.6. The van der Waals surface area contributed by atoms with Crippen LogP contribution in [0.5, 0.6) is 11.5 Å². The van der Waals surface area contributed by atoms with E-state index in [1.165, 1.54) is 21.0 Å². The number of nitriles is 1. The Kier molecular flexibility index (Phi) is 13.6. The van der Waals surface area contributed by atoms with Gasteiger partial charge in [-0.25, -0.2) is 18.2 Å². The van der Waals surface area contributed by atoms with E-state index in [0.29, 0.717) is 49.3 Å². The topological polar surface area (TPSA) is 206 Å². The summed E-state index contributed by atoms with van der Waals surface area (Å²) in [7, 11) is -3.32. The first kappa shape index (κ1) is 46.7. The average molecular weight is 980 g/mol. The maximum atomic E-state index is 14.7. The first-order valence-electron chi connectivity index (χ1n) is 20.6. The number of rotatable bonds is 13. The second kappa shape index (κ2) is 19.6. The van der Waals surface area contributed by atoms with E-state index < -0.39 is 51.9 Å². The molecule has 8 rings (SSSR count). The monoisotopic (exact) mass is 978 g/mol. The summed E-state index contributed by atoms with van der Waals surface area (Å²) in [6.45, 7) is 2.69. The minimum absolute atomic E-state index is 0.0165. The molecule has 0 spiro atoms. The number of thiazole rings is 1. The molecule has 3 heterocycles. The van der Waals surface area contributed by atoms with Gasteiger partial charge in [0.05, 0.1) is 40.2 Å². The van der Waals surface area contributed by atoms with Gasteiger partial charge in [-0.2, -0.15) is 9.57 Å². The number of amides is 3. The molecule has 19 heteroatoms. The van der Waals surface area contributed by atoms with Crippen molar-refractivity contribution in [2.24, 2.45) is 0 Å². The zero-order valence-corrected chi connectivity index (χ0v) is 39.1. The highest BCUT2D eigenvalue weighted by atomic mass is 35.5. The molecular weight excluding hydrogens is 940 g/mol. The number of ether oxygens (including phenoxy) is 3. The van der Waals surface area contributed by atoms with Crippen LogP contribution in [-0.2, 0) is 59.9 Å². The molecule has 0 saturated carbocycles. The van der Waals surface area contributed by atoms with Crippen LogP contribution >= 0.6 is 34.5 Å². The number of hydrogen-bond donors (Lipinski definition) is 3. The number of anilines is 2. The molecular formula is C48H40Cl2N6O9S2. The molecule has 0 bridgehead atoms. The van der Waals surface area contributed by atoms with E-state index in [0.717, 1.165) is 32.3 Å². The van der Waals surface area contributed by atoms with Gasteiger partial charge in [0.25, 0.3) is 15.9 Å². The number of carbonyl (C=O) groups excluding carboxylic acids is 4. The van der Waals surface area contributed by atoms with Crippen LogP contribution < -0.4 is 25.4 Å². The largest absolute Gasteiger partial charge is 0.489 e. The van der Waals surface area contributed by atoms with Gasteiger partial charge < -0.3 is 30.2 Å². The summed E-state index contributed by atoms with van der Waals surface area (Å²) >= 11 is 12.9. The van der Waals surface area contributed by atoms with Crippen LogP contribution in [0, 0.1) is 18.3 Å². The molecule has 2 aliphatic heterocycles. The van der Waals surface area contributed by atoms with Crippen molar-refractivity contribution in [1.29, 1.82) is 5.26 Å². The molecule has 3 N–H and O–H groups in total. The summed E-state index contributed by atoms with van der Waals surface area (Å²) in [6, 6.07) is 29.2. The summed E-state index contributed by atoms with van der Waals surface area (Å²) in [5.74, 6) is -1.60.